The molecule has 3 rings (SSSR count). The van der Waals surface area contributed by atoms with E-state index in [1.54, 1.807) is 12.3 Å². The van der Waals surface area contributed by atoms with Gasteiger partial charge < -0.3 is 10.1 Å². The highest BCUT2D eigenvalue weighted by molar-refractivity contribution is 6.30. The minimum Gasteiger partial charge on any atom is -0.479 e. The maximum Gasteiger partial charge on any atom is 0.191 e. The number of hydrogen-bond donors (Lipinski definition) is 1. The minimum atomic E-state index is -1.08. The van der Waals surface area contributed by atoms with Gasteiger partial charge in [0.1, 0.15) is 11.9 Å². The monoisotopic (exact) mass is 342 g/mol. The van der Waals surface area contributed by atoms with Crippen molar-refractivity contribution >= 4 is 11.6 Å². The maximum atomic E-state index is 13.9. The SMILES string of the molecule is Fc1cc(F)c(O[C@H](c2cncc(Cl)c2)[C@@H]2CCNC2)c(F)c1. The molecule has 0 bridgehead atoms. The number of pyridine rings is 1. The molecule has 1 N–H and O–H groups in total. The van der Waals surface area contributed by atoms with Gasteiger partial charge in [0.15, 0.2) is 17.4 Å². The molecule has 0 amide bonds. The summed E-state index contributed by atoms with van der Waals surface area (Å²) >= 11 is 5.95. The second-order valence-corrected chi connectivity index (χ2v) is 5.86. The van der Waals surface area contributed by atoms with Gasteiger partial charge in [-0.15, -0.1) is 0 Å². The number of rotatable bonds is 4. The van der Waals surface area contributed by atoms with Gasteiger partial charge >= 0.3 is 0 Å². The third kappa shape index (κ3) is 3.59. The molecule has 2 heterocycles. The zero-order valence-electron chi connectivity index (χ0n) is 12.0. The first-order valence-electron chi connectivity index (χ1n) is 7.17. The van der Waals surface area contributed by atoms with Crippen molar-refractivity contribution in [3.63, 3.8) is 0 Å². The molecule has 7 heteroatoms. The molecule has 1 aromatic carbocycles. The second-order valence-electron chi connectivity index (χ2n) is 5.43. The van der Waals surface area contributed by atoms with Gasteiger partial charge in [-0.3, -0.25) is 4.98 Å². The molecule has 0 saturated carbocycles. The van der Waals surface area contributed by atoms with Crippen molar-refractivity contribution in [2.45, 2.75) is 12.5 Å². The average Bonchev–Trinajstić information content (AvgIpc) is 3.00. The van der Waals surface area contributed by atoms with E-state index in [1.165, 1.54) is 6.20 Å². The van der Waals surface area contributed by atoms with Crippen LogP contribution in [0, 0.1) is 23.4 Å². The van der Waals surface area contributed by atoms with Crippen LogP contribution >= 0.6 is 11.6 Å². The van der Waals surface area contributed by atoms with Gasteiger partial charge in [-0.05, 0) is 19.0 Å². The van der Waals surface area contributed by atoms with Crippen molar-refractivity contribution in [3.8, 4) is 5.75 Å². The molecule has 0 unspecified atom stereocenters. The first kappa shape index (κ1) is 16.1. The van der Waals surface area contributed by atoms with Crippen molar-refractivity contribution in [1.82, 2.24) is 10.3 Å². The fraction of sp³-hybridized carbons (Fsp3) is 0.312. The van der Waals surface area contributed by atoms with E-state index in [9.17, 15) is 13.2 Å². The van der Waals surface area contributed by atoms with Crippen LogP contribution in [0.1, 0.15) is 18.1 Å². The molecule has 3 nitrogen and oxygen atoms in total. The summed E-state index contributed by atoms with van der Waals surface area (Å²) in [6, 6.07) is 2.84. The molecule has 2 aromatic rings. The Morgan fingerprint density at radius 3 is 2.52 bits per heavy atom. The predicted molar refractivity (Wildman–Crippen MR) is 79.9 cm³/mol. The smallest absolute Gasteiger partial charge is 0.191 e. The molecule has 0 radical (unpaired) electrons. The third-order valence-electron chi connectivity index (χ3n) is 3.79. The van der Waals surface area contributed by atoms with Crippen molar-refractivity contribution in [2.24, 2.45) is 5.92 Å². The highest BCUT2D eigenvalue weighted by Crippen LogP contribution is 2.35. The molecule has 1 aliphatic heterocycles. The topological polar surface area (TPSA) is 34.1 Å². The summed E-state index contributed by atoms with van der Waals surface area (Å²) in [5.41, 5.74) is 0.620. The van der Waals surface area contributed by atoms with Gasteiger partial charge in [-0.2, -0.15) is 0 Å². The van der Waals surface area contributed by atoms with Crippen LogP contribution in [0.4, 0.5) is 13.2 Å². The minimum absolute atomic E-state index is 0.000815. The van der Waals surface area contributed by atoms with Crippen molar-refractivity contribution in [3.05, 3.63) is 58.6 Å². The Labute approximate surface area is 136 Å². The molecule has 1 saturated heterocycles. The molecule has 122 valence electrons. The number of hydrogen-bond acceptors (Lipinski definition) is 3. The molecule has 0 aliphatic carbocycles. The standard InChI is InChI=1S/C16H14ClF3N2O/c17-11-3-10(7-22-8-11)15(9-1-2-21-6-9)23-16-13(19)4-12(18)5-14(16)20/h3-5,7-9,15,21H,1-2,6H2/t9-,15+/m1/s1. The van der Waals surface area contributed by atoms with Crippen LogP contribution in [0.15, 0.2) is 30.6 Å². The zero-order valence-corrected chi connectivity index (χ0v) is 12.8. The van der Waals surface area contributed by atoms with E-state index < -0.39 is 29.3 Å². The maximum absolute atomic E-state index is 13.9. The van der Waals surface area contributed by atoms with E-state index in [2.05, 4.69) is 10.3 Å². The average molecular weight is 343 g/mol. The number of nitrogens with zero attached hydrogens (tertiary/aromatic N) is 1. The Kier molecular flexibility index (Phi) is 4.73. The first-order valence-corrected chi connectivity index (χ1v) is 7.55. The largest absolute Gasteiger partial charge is 0.479 e. The lowest BCUT2D eigenvalue weighted by Gasteiger charge is -2.25. The predicted octanol–water partition coefficient (Wildman–Crippen LogP) is 3.88. The molecule has 1 aliphatic rings. The van der Waals surface area contributed by atoms with E-state index in [-0.39, 0.29) is 5.92 Å². The Morgan fingerprint density at radius 1 is 1.17 bits per heavy atom. The summed E-state index contributed by atoms with van der Waals surface area (Å²) in [5, 5.41) is 3.59. The fourth-order valence-electron chi connectivity index (χ4n) is 2.72. The summed E-state index contributed by atoms with van der Waals surface area (Å²) in [7, 11) is 0. The van der Waals surface area contributed by atoms with Gasteiger partial charge in [0.25, 0.3) is 0 Å². The van der Waals surface area contributed by atoms with E-state index in [4.69, 9.17) is 16.3 Å². The third-order valence-corrected chi connectivity index (χ3v) is 4.00. The van der Waals surface area contributed by atoms with Crippen LogP contribution in [0.5, 0.6) is 5.75 Å². The highest BCUT2D eigenvalue weighted by Gasteiger charge is 2.30. The van der Waals surface area contributed by atoms with Crippen LogP contribution in [0.2, 0.25) is 5.02 Å². The van der Waals surface area contributed by atoms with Gasteiger partial charge in [0.2, 0.25) is 0 Å². The van der Waals surface area contributed by atoms with Crippen molar-refractivity contribution in [1.29, 1.82) is 0 Å². The number of halogens is 4. The van der Waals surface area contributed by atoms with E-state index in [1.807, 2.05) is 0 Å². The number of ether oxygens (including phenoxy) is 1. The molecule has 1 aromatic heterocycles. The summed E-state index contributed by atoms with van der Waals surface area (Å²) in [6.07, 6.45) is 3.16. The molecular formula is C16H14ClF3N2O. The molecular weight excluding hydrogens is 329 g/mol. The lowest BCUT2D eigenvalue weighted by Crippen LogP contribution is -2.22. The molecule has 1 fully saturated rings. The Morgan fingerprint density at radius 2 is 1.91 bits per heavy atom. The fourth-order valence-corrected chi connectivity index (χ4v) is 2.91. The highest BCUT2D eigenvalue weighted by atomic mass is 35.5. The van der Waals surface area contributed by atoms with E-state index >= 15 is 0 Å². The number of aromatic nitrogens is 1. The van der Waals surface area contributed by atoms with Crippen LogP contribution in [-0.2, 0) is 0 Å². The Balaban J connectivity index is 1.96. The van der Waals surface area contributed by atoms with Crippen LogP contribution in [-0.4, -0.2) is 18.1 Å². The van der Waals surface area contributed by atoms with Crippen LogP contribution in [0.25, 0.3) is 0 Å². The number of nitrogens with one attached hydrogen (secondary N) is 1. The van der Waals surface area contributed by atoms with Gasteiger partial charge in [-0.1, -0.05) is 11.6 Å². The van der Waals surface area contributed by atoms with E-state index in [0.29, 0.717) is 29.3 Å². The van der Waals surface area contributed by atoms with Crippen molar-refractivity contribution in [2.75, 3.05) is 13.1 Å². The summed E-state index contributed by atoms with van der Waals surface area (Å²) in [4.78, 5) is 4.00. The lowest BCUT2D eigenvalue weighted by molar-refractivity contribution is 0.131. The van der Waals surface area contributed by atoms with Gasteiger partial charge in [0.05, 0.1) is 5.02 Å². The Hall–Kier alpha value is -1.79. The normalized spacial score (nSPS) is 18.9. The van der Waals surface area contributed by atoms with Crippen LogP contribution in [0.3, 0.4) is 0 Å². The zero-order chi connectivity index (χ0) is 16.4. The first-order chi connectivity index (χ1) is 11.0. The summed E-state index contributed by atoms with van der Waals surface area (Å²) in [6.45, 7) is 1.43. The van der Waals surface area contributed by atoms with Gasteiger partial charge in [0, 0.05) is 42.6 Å². The lowest BCUT2D eigenvalue weighted by atomic mass is 9.96. The molecule has 2 atom stereocenters. The van der Waals surface area contributed by atoms with Gasteiger partial charge in [-0.25, -0.2) is 13.2 Å². The second kappa shape index (κ2) is 6.76. The quantitative estimate of drug-likeness (QED) is 0.915. The summed E-state index contributed by atoms with van der Waals surface area (Å²) in [5.74, 6) is -3.74. The number of benzene rings is 1. The van der Waals surface area contributed by atoms with Crippen molar-refractivity contribution < 1.29 is 17.9 Å². The Bertz CT molecular complexity index is 684. The molecule has 23 heavy (non-hydrogen) atoms. The van der Waals surface area contributed by atoms with E-state index in [0.717, 1.165) is 13.0 Å². The van der Waals surface area contributed by atoms with Crippen LogP contribution < -0.4 is 10.1 Å². The summed E-state index contributed by atoms with van der Waals surface area (Å²) < 4.78 is 46.4. The molecule has 0 spiro atoms.